The summed E-state index contributed by atoms with van der Waals surface area (Å²) in [6.07, 6.45) is 0. The van der Waals surface area contributed by atoms with Crippen LogP contribution in [0.4, 0.5) is 5.82 Å². The fourth-order valence-electron chi connectivity index (χ4n) is 3.60. The number of hydrogen-bond acceptors (Lipinski definition) is 7. The fraction of sp³-hybridized carbons (Fsp3) is 0.500. The lowest BCUT2D eigenvalue weighted by Gasteiger charge is -2.26. The minimum atomic E-state index is 0.423. The molecule has 8 heteroatoms. The topological polar surface area (TPSA) is 87.7 Å². The molecule has 1 aromatic carbocycles. The Morgan fingerprint density at radius 3 is 2.82 bits per heavy atom. The molecule has 2 N–H and O–H groups in total. The van der Waals surface area contributed by atoms with Gasteiger partial charge in [0.25, 0.3) is 0 Å². The molecule has 150 valence electrons. The van der Waals surface area contributed by atoms with Crippen molar-refractivity contribution < 1.29 is 14.2 Å². The Labute approximate surface area is 164 Å². The van der Waals surface area contributed by atoms with E-state index in [1.54, 1.807) is 0 Å². The van der Waals surface area contributed by atoms with Crippen LogP contribution in [-0.2, 0) is 23.1 Å². The SMILES string of the molecule is CCOCc1nc2c(N)nc3cccc(OCCN4CCOCC4)c3c2n1C. The summed E-state index contributed by atoms with van der Waals surface area (Å²) >= 11 is 0. The second kappa shape index (κ2) is 8.30. The molecular formula is C20H27N5O3. The van der Waals surface area contributed by atoms with Gasteiger partial charge in [0.2, 0.25) is 0 Å². The third-order valence-corrected chi connectivity index (χ3v) is 5.12. The summed E-state index contributed by atoms with van der Waals surface area (Å²) in [5.74, 6) is 2.04. The largest absolute Gasteiger partial charge is 0.491 e. The number of rotatable bonds is 7. The molecule has 0 atom stereocenters. The molecule has 0 unspecified atom stereocenters. The van der Waals surface area contributed by atoms with Crippen LogP contribution in [0.25, 0.3) is 21.9 Å². The van der Waals surface area contributed by atoms with Gasteiger partial charge in [0, 0.05) is 33.3 Å². The summed E-state index contributed by atoms with van der Waals surface area (Å²) in [6.45, 7) is 7.98. The maximum absolute atomic E-state index is 6.19. The van der Waals surface area contributed by atoms with Crippen molar-refractivity contribution in [1.29, 1.82) is 0 Å². The maximum Gasteiger partial charge on any atom is 0.152 e. The molecule has 0 aliphatic carbocycles. The van der Waals surface area contributed by atoms with Crippen LogP contribution < -0.4 is 10.5 Å². The van der Waals surface area contributed by atoms with Crippen LogP contribution in [-0.4, -0.2) is 65.5 Å². The summed E-state index contributed by atoms with van der Waals surface area (Å²) in [4.78, 5) is 11.6. The van der Waals surface area contributed by atoms with E-state index in [1.165, 1.54) is 0 Å². The minimum Gasteiger partial charge on any atom is -0.491 e. The smallest absolute Gasteiger partial charge is 0.152 e. The molecule has 0 amide bonds. The molecule has 3 aromatic rings. The quantitative estimate of drug-likeness (QED) is 0.665. The Morgan fingerprint density at radius 2 is 2.04 bits per heavy atom. The van der Waals surface area contributed by atoms with Gasteiger partial charge in [-0.05, 0) is 19.1 Å². The van der Waals surface area contributed by atoms with Crippen molar-refractivity contribution in [2.24, 2.45) is 7.05 Å². The standard InChI is InChI=1S/C20H27N5O3/c1-3-26-13-16-23-18-19(24(16)2)17-14(22-20(18)21)5-4-6-15(17)28-12-9-25-7-10-27-11-8-25/h4-6H,3,7-13H2,1-2H3,(H2,21,22). The van der Waals surface area contributed by atoms with E-state index in [9.17, 15) is 0 Å². The van der Waals surface area contributed by atoms with Gasteiger partial charge in [-0.25, -0.2) is 9.97 Å². The summed E-state index contributed by atoms with van der Waals surface area (Å²) < 4.78 is 19.2. The number of nitrogens with zero attached hydrogens (tertiary/aromatic N) is 4. The lowest BCUT2D eigenvalue weighted by molar-refractivity contribution is 0.0323. The van der Waals surface area contributed by atoms with Gasteiger partial charge < -0.3 is 24.5 Å². The number of aryl methyl sites for hydroxylation is 1. The van der Waals surface area contributed by atoms with Gasteiger partial charge in [-0.3, -0.25) is 4.90 Å². The molecule has 0 bridgehead atoms. The second-order valence-corrected chi connectivity index (χ2v) is 6.87. The van der Waals surface area contributed by atoms with E-state index < -0.39 is 0 Å². The molecule has 1 fully saturated rings. The maximum atomic E-state index is 6.19. The van der Waals surface area contributed by atoms with E-state index in [1.807, 2.05) is 36.7 Å². The van der Waals surface area contributed by atoms with E-state index >= 15 is 0 Å². The molecule has 4 rings (SSSR count). The monoisotopic (exact) mass is 385 g/mol. The molecule has 0 saturated carbocycles. The van der Waals surface area contributed by atoms with Crippen LogP contribution in [0.2, 0.25) is 0 Å². The Morgan fingerprint density at radius 1 is 1.21 bits per heavy atom. The molecule has 0 spiro atoms. The third kappa shape index (κ3) is 3.63. The third-order valence-electron chi connectivity index (χ3n) is 5.12. The van der Waals surface area contributed by atoms with Crippen molar-refractivity contribution in [3.05, 3.63) is 24.0 Å². The Hall–Kier alpha value is -2.42. The zero-order valence-corrected chi connectivity index (χ0v) is 16.5. The van der Waals surface area contributed by atoms with Gasteiger partial charge in [0.15, 0.2) is 5.82 Å². The molecule has 3 heterocycles. The average molecular weight is 385 g/mol. The number of imidazole rings is 1. The number of ether oxygens (including phenoxy) is 3. The highest BCUT2D eigenvalue weighted by molar-refractivity contribution is 6.09. The van der Waals surface area contributed by atoms with Crippen LogP contribution in [0.3, 0.4) is 0 Å². The number of benzene rings is 1. The number of aromatic nitrogens is 3. The first-order chi connectivity index (χ1) is 13.7. The van der Waals surface area contributed by atoms with E-state index in [0.29, 0.717) is 31.2 Å². The number of morpholine rings is 1. The predicted octanol–water partition coefficient (Wildman–Crippen LogP) is 1.95. The first-order valence-electron chi connectivity index (χ1n) is 9.73. The number of anilines is 1. The molecule has 1 aliphatic rings. The highest BCUT2D eigenvalue weighted by atomic mass is 16.5. The van der Waals surface area contributed by atoms with Gasteiger partial charge in [0.05, 0.1) is 29.6 Å². The number of nitrogen functional groups attached to an aromatic ring is 1. The zero-order chi connectivity index (χ0) is 19.5. The second-order valence-electron chi connectivity index (χ2n) is 6.87. The van der Waals surface area contributed by atoms with Crippen molar-refractivity contribution in [3.8, 4) is 5.75 Å². The van der Waals surface area contributed by atoms with Gasteiger partial charge in [-0.15, -0.1) is 0 Å². The van der Waals surface area contributed by atoms with Gasteiger partial charge >= 0.3 is 0 Å². The van der Waals surface area contributed by atoms with E-state index in [-0.39, 0.29) is 0 Å². The van der Waals surface area contributed by atoms with Crippen molar-refractivity contribution in [1.82, 2.24) is 19.4 Å². The molecule has 28 heavy (non-hydrogen) atoms. The Kier molecular flexibility index (Phi) is 5.61. The number of hydrogen-bond donors (Lipinski definition) is 1. The number of pyridine rings is 1. The minimum absolute atomic E-state index is 0.423. The van der Waals surface area contributed by atoms with Gasteiger partial charge in [-0.2, -0.15) is 0 Å². The van der Waals surface area contributed by atoms with Crippen LogP contribution in [0.5, 0.6) is 5.75 Å². The van der Waals surface area contributed by atoms with Gasteiger partial charge in [0.1, 0.15) is 30.3 Å². The first-order valence-corrected chi connectivity index (χ1v) is 9.73. The fourth-order valence-corrected chi connectivity index (χ4v) is 3.60. The van der Waals surface area contributed by atoms with Crippen molar-refractivity contribution in [2.75, 3.05) is 51.8 Å². The first kappa shape index (κ1) is 18.9. The molecule has 0 radical (unpaired) electrons. The highest BCUT2D eigenvalue weighted by Crippen LogP contribution is 2.34. The van der Waals surface area contributed by atoms with E-state index in [4.69, 9.17) is 19.9 Å². The van der Waals surface area contributed by atoms with E-state index in [0.717, 1.165) is 60.8 Å². The molecular weight excluding hydrogens is 358 g/mol. The lowest BCUT2D eigenvalue weighted by Crippen LogP contribution is -2.38. The summed E-state index contributed by atoms with van der Waals surface area (Å²) in [5, 5.41) is 0.937. The number of nitrogens with two attached hydrogens (primary N) is 1. The highest BCUT2D eigenvalue weighted by Gasteiger charge is 2.18. The van der Waals surface area contributed by atoms with Crippen molar-refractivity contribution in [3.63, 3.8) is 0 Å². The predicted molar refractivity (Wildman–Crippen MR) is 109 cm³/mol. The molecule has 1 aliphatic heterocycles. The Balaban J connectivity index is 1.68. The summed E-state index contributed by atoms with van der Waals surface area (Å²) in [5.41, 5.74) is 8.62. The van der Waals surface area contributed by atoms with Crippen LogP contribution in [0.15, 0.2) is 18.2 Å². The zero-order valence-electron chi connectivity index (χ0n) is 16.5. The van der Waals surface area contributed by atoms with Crippen molar-refractivity contribution in [2.45, 2.75) is 13.5 Å². The number of fused-ring (bicyclic) bond motifs is 3. The Bertz CT molecular complexity index is 966. The van der Waals surface area contributed by atoms with Gasteiger partial charge in [-0.1, -0.05) is 6.07 Å². The summed E-state index contributed by atoms with van der Waals surface area (Å²) in [6, 6.07) is 5.88. The molecule has 2 aromatic heterocycles. The molecule has 1 saturated heterocycles. The summed E-state index contributed by atoms with van der Waals surface area (Å²) in [7, 11) is 1.98. The average Bonchev–Trinajstić information content (AvgIpc) is 3.04. The van der Waals surface area contributed by atoms with Crippen LogP contribution >= 0.6 is 0 Å². The molecule has 8 nitrogen and oxygen atoms in total. The van der Waals surface area contributed by atoms with E-state index in [2.05, 4.69) is 14.9 Å². The van der Waals surface area contributed by atoms with Crippen molar-refractivity contribution >= 4 is 27.8 Å². The van der Waals surface area contributed by atoms with Crippen LogP contribution in [0.1, 0.15) is 12.7 Å². The van der Waals surface area contributed by atoms with Crippen LogP contribution in [0, 0.1) is 0 Å². The normalized spacial score (nSPS) is 15.5. The lowest BCUT2D eigenvalue weighted by atomic mass is 10.1.